The predicted molar refractivity (Wildman–Crippen MR) is 88.0 cm³/mol. The number of carbonyl (C=O) groups excluding carboxylic acids is 3. The third-order valence-electron chi connectivity index (χ3n) is 4.02. The zero-order valence-corrected chi connectivity index (χ0v) is 14.2. The number of amides is 3. The summed E-state index contributed by atoms with van der Waals surface area (Å²) >= 11 is 0. The average Bonchev–Trinajstić information content (AvgIpc) is 2.57. The van der Waals surface area contributed by atoms with Gasteiger partial charge in [-0.2, -0.15) is 0 Å². The second-order valence-corrected chi connectivity index (χ2v) is 5.92. The van der Waals surface area contributed by atoms with Crippen molar-refractivity contribution in [2.24, 2.45) is 0 Å². The molecule has 0 aliphatic carbocycles. The standard InChI is InChI=1S/C17H23N3O4/c1-19(2)13(21)9-10-18-17(23)16-15(12-7-5-4-6-8-12)20(3)14(22)11-24-16/h4-8,15-16H,9-11H2,1-3H3,(H,18,23)/t15-,16-/m0/s1. The zero-order chi connectivity index (χ0) is 17.7. The van der Waals surface area contributed by atoms with Crippen molar-refractivity contribution in [2.75, 3.05) is 34.3 Å². The van der Waals surface area contributed by atoms with Crippen LogP contribution in [0.1, 0.15) is 18.0 Å². The lowest BCUT2D eigenvalue weighted by Gasteiger charge is -2.38. The van der Waals surface area contributed by atoms with E-state index in [1.165, 1.54) is 9.80 Å². The van der Waals surface area contributed by atoms with E-state index >= 15 is 0 Å². The molecule has 1 aromatic carbocycles. The molecule has 0 aromatic heterocycles. The lowest BCUT2D eigenvalue weighted by molar-refractivity contribution is -0.162. The highest BCUT2D eigenvalue weighted by molar-refractivity contribution is 5.86. The Bertz CT molecular complexity index is 603. The fourth-order valence-corrected chi connectivity index (χ4v) is 2.60. The summed E-state index contributed by atoms with van der Waals surface area (Å²) in [4.78, 5) is 39.0. The number of nitrogens with one attached hydrogen (secondary N) is 1. The van der Waals surface area contributed by atoms with Gasteiger partial charge in [-0.25, -0.2) is 0 Å². The van der Waals surface area contributed by atoms with Gasteiger partial charge in [-0.05, 0) is 5.56 Å². The molecule has 1 aliphatic rings. The van der Waals surface area contributed by atoms with Crippen LogP contribution in [-0.4, -0.2) is 67.9 Å². The Morgan fingerprint density at radius 3 is 2.58 bits per heavy atom. The molecular formula is C17H23N3O4. The van der Waals surface area contributed by atoms with Crippen LogP contribution in [0.25, 0.3) is 0 Å². The van der Waals surface area contributed by atoms with Crippen LogP contribution in [0.2, 0.25) is 0 Å². The molecule has 7 nitrogen and oxygen atoms in total. The van der Waals surface area contributed by atoms with Gasteiger partial charge >= 0.3 is 0 Å². The minimum absolute atomic E-state index is 0.0632. The molecule has 2 atom stereocenters. The fourth-order valence-electron chi connectivity index (χ4n) is 2.60. The van der Waals surface area contributed by atoms with Gasteiger partial charge in [0, 0.05) is 34.1 Å². The Labute approximate surface area is 141 Å². The molecular weight excluding hydrogens is 310 g/mol. The summed E-state index contributed by atoms with van der Waals surface area (Å²) in [6.07, 6.45) is -0.583. The van der Waals surface area contributed by atoms with Crippen LogP contribution in [0.4, 0.5) is 0 Å². The Kier molecular flexibility index (Phi) is 5.92. The second-order valence-electron chi connectivity index (χ2n) is 5.92. The smallest absolute Gasteiger partial charge is 0.251 e. The van der Waals surface area contributed by atoms with Crippen molar-refractivity contribution in [3.05, 3.63) is 35.9 Å². The van der Waals surface area contributed by atoms with Gasteiger partial charge in [0.25, 0.3) is 5.91 Å². The molecule has 130 valence electrons. The van der Waals surface area contributed by atoms with Crippen molar-refractivity contribution in [1.82, 2.24) is 15.1 Å². The third kappa shape index (κ3) is 4.11. The van der Waals surface area contributed by atoms with E-state index in [0.29, 0.717) is 0 Å². The number of rotatable bonds is 5. The molecule has 0 bridgehead atoms. The second kappa shape index (κ2) is 7.92. The van der Waals surface area contributed by atoms with Gasteiger partial charge in [-0.15, -0.1) is 0 Å². The number of morpholine rings is 1. The quantitative estimate of drug-likeness (QED) is 0.834. The van der Waals surface area contributed by atoms with Crippen LogP contribution < -0.4 is 5.32 Å². The monoisotopic (exact) mass is 333 g/mol. The first-order valence-corrected chi connectivity index (χ1v) is 7.82. The minimum atomic E-state index is -0.801. The van der Waals surface area contributed by atoms with Gasteiger partial charge in [-0.1, -0.05) is 30.3 Å². The molecule has 0 saturated carbocycles. The SMILES string of the molecule is CN(C)C(=O)CCNC(=O)[C@H]1OCC(=O)N(C)[C@H]1c1ccccc1. The highest BCUT2D eigenvalue weighted by Crippen LogP contribution is 2.28. The maximum absolute atomic E-state index is 12.5. The lowest BCUT2D eigenvalue weighted by atomic mass is 9.97. The molecule has 0 spiro atoms. The topological polar surface area (TPSA) is 79.0 Å². The predicted octanol–water partition coefficient (Wildman–Crippen LogP) is 0.179. The number of hydrogen-bond acceptors (Lipinski definition) is 4. The van der Waals surface area contributed by atoms with Crippen LogP contribution in [0.5, 0.6) is 0 Å². The summed E-state index contributed by atoms with van der Waals surface area (Å²) < 4.78 is 5.50. The first-order valence-electron chi connectivity index (χ1n) is 7.82. The minimum Gasteiger partial charge on any atom is -0.356 e. The van der Waals surface area contributed by atoms with Gasteiger partial charge in [0.15, 0.2) is 6.10 Å². The summed E-state index contributed by atoms with van der Waals surface area (Å²) in [7, 11) is 5.00. The number of nitrogens with zero attached hydrogens (tertiary/aromatic N) is 2. The van der Waals surface area contributed by atoms with Crippen molar-refractivity contribution >= 4 is 17.7 Å². The molecule has 1 saturated heterocycles. The van der Waals surface area contributed by atoms with Crippen LogP contribution in [0.3, 0.4) is 0 Å². The largest absolute Gasteiger partial charge is 0.356 e. The summed E-state index contributed by atoms with van der Waals surface area (Å²) in [5.74, 6) is -0.558. The van der Waals surface area contributed by atoms with Crippen LogP contribution in [-0.2, 0) is 19.1 Å². The zero-order valence-electron chi connectivity index (χ0n) is 14.2. The number of hydrogen-bond donors (Lipinski definition) is 1. The normalized spacial score (nSPS) is 20.6. The van der Waals surface area contributed by atoms with E-state index in [0.717, 1.165) is 5.56 Å². The molecule has 7 heteroatoms. The Balaban J connectivity index is 2.07. The van der Waals surface area contributed by atoms with E-state index in [1.54, 1.807) is 21.1 Å². The highest BCUT2D eigenvalue weighted by Gasteiger charge is 2.39. The van der Waals surface area contributed by atoms with Gasteiger partial charge in [-0.3, -0.25) is 14.4 Å². The number of likely N-dealkylation sites (N-methyl/N-ethyl adjacent to an activating group) is 1. The molecule has 1 aliphatic heterocycles. The van der Waals surface area contributed by atoms with Crippen molar-refractivity contribution in [3.63, 3.8) is 0 Å². The first-order chi connectivity index (χ1) is 11.4. The van der Waals surface area contributed by atoms with Crippen LogP contribution >= 0.6 is 0 Å². The molecule has 0 unspecified atom stereocenters. The third-order valence-corrected chi connectivity index (χ3v) is 4.02. The lowest BCUT2D eigenvalue weighted by Crippen LogP contribution is -2.53. The first kappa shape index (κ1) is 17.9. The average molecular weight is 333 g/mol. The maximum atomic E-state index is 12.5. The van der Waals surface area contributed by atoms with Crippen molar-refractivity contribution < 1.29 is 19.1 Å². The Morgan fingerprint density at radius 1 is 1.29 bits per heavy atom. The Hall–Kier alpha value is -2.41. The molecule has 2 rings (SSSR count). The number of benzene rings is 1. The number of ether oxygens (including phenoxy) is 1. The molecule has 1 N–H and O–H groups in total. The van der Waals surface area contributed by atoms with Crippen molar-refractivity contribution in [1.29, 1.82) is 0 Å². The van der Waals surface area contributed by atoms with Crippen LogP contribution in [0, 0.1) is 0 Å². The van der Waals surface area contributed by atoms with Gasteiger partial charge in [0.2, 0.25) is 11.8 Å². The van der Waals surface area contributed by atoms with E-state index in [9.17, 15) is 14.4 Å². The van der Waals surface area contributed by atoms with Crippen molar-refractivity contribution in [2.45, 2.75) is 18.6 Å². The van der Waals surface area contributed by atoms with Gasteiger partial charge < -0.3 is 19.9 Å². The van der Waals surface area contributed by atoms with E-state index in [1.807, 2.05) is 30.3 Å². The van der Waals surface area contributed by atoms with Crippen LogP contribution in [0.15, 0.2) is 30.3 Å². The van der Waals surface area contributed by atoms with E-state index in [-0.39, 0.29) is 37.3 Å². The van der Waals surface area contributed by atoms with E-state index in [2.05, 4.69) is 5.32 Å². The molecule has 1 fully saturated rings. The maximum Gasteiger partial charge on any atom is 0.251 e. The summed E-state index contributed by atoms with van der Waals surface area (Å²) in [6, 6.07) is 8.81. The summed E-state index contributed by atoms with van der Waals surface area (Å²) in [5.41, 5.74) is 0.831. The van der Waals surface area contributed by atoms with Gasteiger partial charge in [0.1, 0.15) is 6.61 Å². The van der Waals surface area contributed by atoms with E-state index in [4.69, 9.17) is 4.74 Å². The summed E-state index contributed by atoms with van der Waals surface area (Å²) in [6.45, 7) is 0.101. The highest BCUT2D eigenvalue weighted by atomic mass is 16.5. The molecule has 1 aromatic rings. The number of carbonyl (C=O) groups is 3. The molecule has 24 heavy (non-hydrogen) atoms. The molecule has 1 heterocycles. The molecule has 3 amide bonds. The van der Waals surface area contributed by atoms with Gasteiger partial charge in [0.05, 0.1) is 6.04 Å². The molecule has 0 radical (unpaired) electrons. The van der Waals surface area contributed by atoms with E-state index < -0.39 is 12.1 Å². The van der Waals surface area contributed by atoms with Crippen molar-refractivity contribution in [3.8, 4) is 0 Å². The summed E-state index contributed by atoms with van der Waals surface area (Å²) in [5, 5.41) is 2.72. The fraction of sp³-hybridized carbons (Fsp3) is 0.471. The Morgan fingerprint density at radius 2 is 1.96 bits per heavy atom.